The van der Waals surface area contributed by atoms with Crippen LogP contribution in [0.25, 0.3) is 11.1 Å². The first kappa shape index (κ1) is 11.1. The number of rotatable bonds is 3. The highest BCUT2D eigenvalue weighted by molar-refractivity contribution is 5.92. The second-order valence-electron chi connectivity index (χ2n) is 4.68. The maximum Gasteiger partial charge on any atom is 0.335 e. The average molecular weight is 246 g/mol. The van der Waals surface area contributed by atoms with E-state index in [1.165, 1.54) is 12.5 Å². The van der Waals surface area contributed by atoms with E-state index in [2.05, 4.69) is 4.98 Å². The van der Waals surface area contributed by atoms with Gasteiger partial charge in [-0.05, 0) is 37.5 Å². The first-order chi connectivity index (χ1) is 8.65. The van der Waals surface area contributed by atoms with E-state index in [0.717, 1.165) is 12.8 Å². The molecule has 0 unspecified atom stereocenters. The topological polar surface area (TPSA) is 66.6 Å². The molecule has 0 atom stereocenters. The lowest BCUT2D eigenvalue weighted by molar-refractivity contribution is 0.0697. The summed E-state index contributed by atoms with van der Waals surface area (Å²) in [5.74, 6) is -0.956. The molecule has 2 aromatic rings. The molecule has 1 aliphatic rings. The van der Waals surface area contributed by atoms with E-state index < -0.39 is 5.97 Å². The summed E-state index contributed by atoms with van der Waals surface area (Å²) in [6, 6.07) is 5.80. The minimum Gasteiger partial charge on any atom is -0.478 e. The molecule has 3 rings (SSSR count). The van der Waals surface area contributed by atoms with Gasteiger partial charge in [0, 0.05) is 13.1 Å². The molecule has 1 aliphatic carbocycles. The van der Waals surface area contributed by atoms with Crippen LogP contribution < -0.4 is 4.90 Å². The van der Waals surface area contributed by atoms with E-state index in [4.69, 9.17) is 9.52 Å². The summed E-state index contributed by atoms with van der Waals surface area (Å²) >= 11 is 0. The second kappa shape index (κ2) is 4.01. The van der Waals surface area contributed by atoms with Crippen LogP contribution >= 0.6 is 0 Å². The fraction of sp³-hybridized carbons (Fsp3) is 0.385. The standard InChI is InChI=1S/C13H14N2O3/c1-15(9-3-2-4-9)13-14-10-6-5-8(12(16)17)7-11(10)18-13/h5-7,9H,2-4H2,1H3,(H,16,17). The Kier molecular flexibility index (Phi) is 2.47. The maximum atomic E-state index is 10.9. The van der Waals surface area contributed by atoms with E-state index in [0.29, 0.717) is 23.2 Å². The van der Waals surface area contributed by atoms with Crippen LogP contribution in [0.5, 0.6) is 0 Å². The van der Waals surface area contributed by atoms with Crippen LogP contribution in [0.1, 0.15) is 29.6 Å². The average Bonchev–Trinajstić information content (AvgIpc) is 2.68. The third kappa shape index (κ3) is 1.72. The lowest BCUT2D eigenvalue weighted by Crippen LogP contribution is -2.37. The number of hydrogen-bond acceptors (Lipinski definition) is 4. The molecule has 18 heavy (non-hydrogen) atoms. The minimum absolute atomic E-state index is 0.219. The van der Waals surface area contributed by atoms with Crippen molar-refractivity contribution in [3.63, 3.8) is 0 Å². The van der Waals surface area contributed by atoms with Gasteiger partial charge in [-0.15, -0.1) is 0 Å². The van der Waals surface area contributed by atoms with Crippen molar-refractivity contribution in [1.29, 1.82) is 0 Å². The first-order valence-electron chi connectivity index (χ1n) is 6.02. The van der Waals surface area contributed by atoms with E-state index in [1.54, 1.807) is 12.1 Å². The van der Waals surface area contributed by atoms with Gasteiger partial charge in [-0.3, -0.25) is 0 Å². The van der Waals surface area contributed by atoms with Crippen LogP contribution in [0.3, 0.4) is 0 Å². The molecule has 0 spiro atoms. The molecule has 0 amide bonds. The minimum atomic E-state index is -0.956. The Labute approximate surface area is 104 Å². The molecule has 5 nitrogen and oxygen atoms in total. The molecule has 0 aliphatic heterocycles. The van der Waals surface area contributed by atoms with Crippen LogP contribution in [0.2, 0.25) is 0 Å². The third-order valence-corrected chi connectivity index (χ3v) is 3.55. The van der Waals surface area contributed by atoms with Gasteiger partial charge in [-0.25, -0.2) is 4.79 Å². The van der Waals surface area contributed by atoms with Gasteiger partial charge in [0.25, 0.3) is 6.01 Å². The summed E-state index contributed by atoms with van der Waals surface area (Å²) in [6.45, 7) is 0. The monoisotopic (exact) mass is 246 g/mol. The smallest absolute Gasteiger partial charge is 0.335 e. The van der Waals surface area contributed by atoms with Crippen LogP contribution in [0.15, 0.2) is 22.6 Å². The van der Waals surface area contributed by atoms with Gasteiger partial charge in [0.05, 0.1) is 5.56 Å². The molecular weight excluding hydrogens is 232 g/mol. The number of carbonyl (C=O) groups is 1. The Morgan fingerprint density at radius 1 is 1.50 bits per heavy atom. The highest BCUT2D eigenvalue weighted by atomic mass is 16.4. The Bertz CT molecular complexity index is 601. The van der Waals surface area contributed by atoms with Crippen molar-refractivity contribution in [2.45, 2.75) is 25.3 Å². The molecular formula is C13H14N2O3. The quantitative estimate of drug-likeness (QED) is 0.901. The highest BCUT2D eigenvalue weighted by Crippen LogP contribution is 2.30. The van der Waals surface area contributed by atoms with Crippen LogP contribution in [0.4, 0.5) is 6.01 Å². The van der Waals surface area contributed by atoms with Crippen molar-refractivity contribution in [2.75, 3.05) is 11.9 Å². The van der Waals surface area contributed by atoms with E-state index in [-0.39, 0.29) is 5.56 Å². The first-order valence-corrected chi connectivity index (χ1v) is 6.02. The molecule has 0 bridgehead atoms. The van der Waals surface area contributed by atoms with E-state index >= 15 is 0 Å². The maximum absolute atomic E-state index is 10.9. The molecule has 94 valence electrons. The van der Waals surface area contributed by atoms with Gasteiger partial charge < -0.3 is 14.4 Å². The van der Waals surface area contributed by atoms with Crippen LogP contribution in [-0.4, -0.2) is 29.1 Å². The number of fused-ring (bicyclic) bond motifs is 1. The number of aromatic nitrogens is 1. The van der Waals surface area contributed by atoms with Gasteiger partial charge in [-0.1, -0.05) is 0 Å². The summed E-state index contributed by atoms with van der Waals surface area (Å²) in [5, 5.41) is 8.92. The number of oxazole rings is 1. The predicted molar refractivity (Wildman–Crippen MR) is 67.0 cm³/mol. The van der Waals surface area contributed by atoms with Crippen LogP contribution in [-0.2, 0) is 0 Å². The molecule has 1 N–H and O–H groups in total. The fourth-order valence-electron chi connectivity index (χ4n) is 2.13. The summed E-state index contributed by atoms with van der Waals surface area (Å²) in [5.41, 5.74) is 1.44. The Morgan fingerprint density at radius 3 is 2.89 bits per heavy atom. The summed E-state index contributed by atoms with van der Waals surface area (Å²) in [7, 11) is 1.96. The number of benzene rings is 1. The Hall–Kier alpha value is -2.04. The number of anilines is 1. The number of carboxylic acid groups (broad SMARTS) is 1. The van der Waals surface area contributed by atoms with Crippen molar-refractivity contribution < 1.29 is 14.3 Å². The van der Waals surface area contributed by atoms with Crippen molar-refractivity contribution in [1.82, 2.24) is 4.98 Å². The molecule has 1 aromatic carbocycles. The zero-order valence-corrected chi connectivity index (χ0v) is 10.1. The molecule has 0 saturated heterocycles. The number of aromatic carboxylic acids is 1. The normalized spacial score (nSPS) is 15.6. The number of carboxylic acids is 1. The molecule has 1 heterocycles. The Balaban J connectivity index is 1.97. The Morgan fingerprint density at radius 2 is 2.28 bits per heavy atom. The summed E-state index contributed by atoms with van der Waals surface area (Å²) < 4.78 is 5.63. The lowest BCUT2D eigenvalue weighted by Gasteiger charge is -2.33. The molecule has 1 aromatic heterocycles. The zero-order valence-electron chi connectivity index (χ0n) is 10.1. The van der Waals surface area contributed by atoms with Gasteiger partial charge in [0.15, 0.2) is 5.58 Å². The van der Waals surface area contributed by atoms with Gasteiger partial charge in [0.1, 0.15) is 5.52 Å². The summed E-state index contributed by atoms with van der Waals surface area (Å²) in [6.07, 6.45) is 3.57. The van der Waals surface area contributed by atoms with E-state index in [1.807, 2.05) is 11.9 Å². The van der Waals surface area contributed by atoms with E-state index in [9.17, 15) is 4.79 Å². The molecule has 5 heteroatoms. The molecule has 1 fully saturated rings. The predicted octanol–water partition coefficient (Wildman–Crippen LogP) is 2.51. The lowest BCUT2D eigenvalue weighted by atomic mass is 9.92. The molecule has 0 radical (unpaired) electrons. The van der Waals surface area contributed by atoms with Crippen molar-refractivity contribution in [2.24, 2.45) is 0 Å². The van der Waals surface area contributed by atoms with Gasteiger partial charge >= 0.3 is 5.97 Å². The van der Waals surface area contributed by atoms with Crippen LogP contribution in [0, 0.1) is 0 Å². The third-order valence-electron chi connectivity index (χ3n) is 3.55. The van der Waals surface area contributed by atoms with Gasteiger partial charge in [0.2, 0.25) is 0 Å². The van der Waals surface area contributed by atoms with Crippen molar-refractivity contribution in [3.05, 3.63) is 23.8 Å². The van der Waals surface area contributed by atoms with Crippen molar-refractivity contribution >= 4 is 23.1 Å². The fourth-order valence-corrected chi connectivity index (χ4v) is 2.13. The number of nitrogens with zero attached hydrogens (tertiary/aromatic N) is 2. The second-order valence-corrected chi connectivity index (χ2v) is 4.68. The largest absolute Gasteiger partial charge is 0.478 e. The SMILES string of the molecule is CN(c1nc2ccc(C(=O)O)cc2o1)C1CCC1. The zero-order chi connectivity index (χ0) is 12.7. The molecule has 1 saturated carbocycles. The summed E-state index contributed by atoms with van der Waals surface area (Å²) in [4.78, 5) is 17.3. The number of hydrogen-bond donors (Lipinski definition) is 1. The van der Waals surface area contributed by atoms with Crippen molar-refractivity contribution in [3.8, 4) is 0 Å². The van der Waals surface area contributed by atoms with Gasteiger partial charge in [-0.2, -0.15) is 4.98 Å². The highest BCUT2D eigenvalue weighted by Gasteiger charge is 2.25.